The third-order valence-electron chi connectivity index (χ3n) is 4.81. The molecule has 0 fully saturated rings. The van der Waals surface area contributed by atoms with E-state index >= 15 is 0 Å². The molecule has 0 radical (unpaired) electrons. The number of nitrogens with zero attached hydrogens (tertiary/aromatic N) is 1. The molecule has 8 heteroatoms. The van der Waals surface area contributed by atoms with Crippen molar-refractivity contribution in [2.45, 2.75) is 45.5 Å². The normalized spacial score (nSPS) is 12.0. The maximum Gasteiger partial charge on any atom is 0.242 e. The highest BCUT2D eigenvalue weighted by molar-refractivity contribution is 7.99. The molecular weight excluding hydrogens is 470 g/mol. The molecule has 2 rings (SSSR count). The molecule has 0 saturated heterocycles. The van der Waals surface area contributed by atoms with Gasteiger partial charge in [-0.15, -0.1) is 11.8 Å². The molecule has 0 saturated carbocycles. The van der Waals surface area contributed by atoms with Gasteiger partial charge in [-0.1, -0.05) is 62.2 Å². The predicted molar refractivity (Wildman–Crippen MR) is 132 cm³/mol. The molecule has 0 aliphatic rings. The van der Waals surface area contributed by atoms with Crippen molar-refractivity contribution in [1.29, 1.82) is 0 Å². The molecule has 0 bridgehead atoms. The van der Waals surface area contributed by atoms with E-state index in [0.29, 0.717) is 34.7 Å². The molecule has 1 atom stereocenters. The van der Waals surface area contributed by atoms with Gasteiger partial charge in [-0.05, 0) is 47.7 Å². The van der Waals surface area contributed by atoms with Crippen LogP contribution in [0.3, 0.4) is 0 Å². The molecular formula is C24H29Cl2FN2O2S. The number of nitrogens with one attached hydrogen (secondary N) is 1. The van der Waals surface area contributed by atoms with Crippen molar-refractivity contribution in [3.05, 3.63) is 69.5 Å². The number of amides is 2. The van der Waals surface area contributed by atoms with Gasteiger partial charge in [0.1, 0.15) is 11.9 Å². The lowest BCUT2D eigenvalue weighted by atomic mass is 10.1. The standard InChI is InChI=1S/C24H29Cl2FN2O2S/c1-4-22(24(31)28-12-16(2)3)29(13-17-5-8-19(27)9-6-17)23(30)15-32-14-18-7-10-20(25)21(26)11-18/h5-11,16,22H,4,12-15H2,1-3H3,(H,28,31)/t22-/m1/s1. The third-order valence-corrected chi connectivity index (χ3v) is 6.54. The Balaban J connectivity index is 2.11. The van der Waals surface area contributed by atoms with E-state index in [4.69, 9.17) is 23.2 Å². The second kappa shape index (κ2) is 13.1. The summed E-state index contributed by atoms with van der Waals surface area (Å²) < 4.78 is 13.3. The summed E-state index contributed by atoms with van der Waals surface area (Å²) in [4.78, 5) is 27.6. The molecule has 2 aromatic carbocycles. The second-order valence-corrected chi connectivity index (χ2v) is 9.75. The SMILES string of the molecule is CC[C@H](C(=O)NCC(C)C)N(Cc1ccc(F)cc1)C(=O)CSCc1ccc(Cl)c(Cl)c1. The monoisotopic (exact) mass is 498 g/mol. The van der Waals surface area contributed by atoms with Crippen LogP contribution in [0.25, 0.3) is 0 Å². The molecule has 32 heavy (non-hydrogen) atoms. The zero-order chi connectivity index (χ0) is 23.7. The van der Waals surface area contributed by atoms with Crippen LogP contribution in [-0.4, -0.2) is 35.1 Å². The van der Waals surface area contributed by atoms with Gasteiger partial charge in [0, 0.05) is 18.8 Å². The number of hydrogen-bond acceptors (Lipinski definition) is 3. The van der Waals surface area contributed by atoms with E-state index in [1.807, 2.05) is 26.8 Å². The van der Waals surface area contributed by atoms with Crippen LogP contribution >= 0.6 is 35.0 Å². The number of carbonyl (C=O) groups is 2. The van der Waals surface area contributed by atoms with Crippen LogP contribution in [0.1, 0.15) is 38.3 Å². The Morgan fingerprint density at radius 1 is 1.06 bits per heavy atom. The summed E-state index contributed by atoms with van der Waals surface area (Å²) >= 11 is 13.5. The Kier molecular flexibility index (Phi) is 10.8. The number of hydrogen-bond donors (Lipinski definition) is 1. The van der Waals surface area contributed by atoms with Gasteiger partial charge in [-0.3, -0.25) is 9.59 Å². The fraction of sp³-hybridized carbons (Fsp3) is 0.417. The Morgan fingerprint density at radius 2 is 1.72 bits per heavy atom. The van der Waals surface area contributed by atoms with Crippen LogP contribution in [0.2, 0.25) is 10.0 Å². The van der Waals surface area contributed by atoms with Crippen molar-refractivity contribution in [1.82, 2.24) is 10.2 Å². The van der Waals surface area contributed by atoms with E-state index in [1.54, 1.807) is 29.2 Å². The third kappa shape index (κ3) is 8.30. The number of thioether (sulfide) groups is 1. The fourth-order valence-corrected chi connectivity index (χ4v) is 4.28. The molecule has 2 aromatic rings. The quantitative estimate of drug-likeness (QED) is 0.416. The molecule has 0 heterocycles. The minimum absolute atomic E-state index is 0.147. The molecule has 0 spiro atoms. The number of halogens is 3. The summed E-state index contributed by atoms with van der Waals surface area (Å²) in [5, 5.41) is 3.89. The number of benzene rings is 2. The highest BCUT2D eigenvalue weighted by Gasteiger charge is 2.28. The lowest BCUT2D eigenvalue weighted by Crippen LogP contribution is -2.50. The zero-order valence-electron chi connectivity index (χ0n) is 18.5. The molecule has 1 N–H and O–H groups in total. The molecule has 0 aliphatic carbocycles. The van der Waals surface area contributed by atoms with Crippen molar-refractivity contribution in [3.63, 3.8) is 0 Å². The van der Waals surface area contributed by atoms with Crippen molar-refractivity contribution >= 4 is 46.8 Å². The van der Waals surface area contributed by atoms with Gasteiger partial charge in [0.15, 0.2) is 0 Å². The topological polar surface area (TPSA) is 49.4 Å². The van der Waals surface area contributed by atoms with E-state index < -0.39 is 6.04 Å². The number of carbonyl (C=O) groups excluding carboxylic acids is 2. The highest BCUT2D eigenvalue weighted by atomic mass is 35.5. The number of rotatable bonds is 11. The summed E-state index contributed by atoms with van der Waals surface area (Å²) in [5.41, 5.74) is 1.73. The minimum Gasteiger partial charge on any atom is -0.354 e. The Labute approximate surface area is 203 Å². The average molecular weight is 499 g/mol. The van der Waals surface area contributed by atoms with E-state index in [-0.39, 0.29) is 29.9 Å². The second-order valence-electron chi connectivity index (χ2n) is 7.95. The average Bonchev–Trinajstić information content (AvgIpc) is 2.75. The molecule has 4 nitrogen and oxygen atoms in total. The van der Waals surface area contributed by atoms with E-state index in [2.05, 4.69) is 5.32 Å². The first-order chi connectivity index (χ1) is 15.2. The molecule has 174 valence electrons. The van der Waals surface area contributed by atoms with Gasteiger partial charge in [-0.25, -0.2) is 4.39 Å². The van der Waals surface area contributed by atoms with E-state index in [0.717, 1.165) is 11.1 Å². The minimum atomic E-state index is -0.600. The summed E-state index contributed by atoms with van der Waals surface area (Å²) in [5.74, 6) is 0.431. The summed E-state index contributed by atoms with van der Waals surface area (Å²) in [6, 6.07) is 10.8. The summed E-state index contributed by atoms with van der Waals surface area (Å²) in [6.45, 7) is 6.69. The van der Waals surface area contributed by atoms with Gasteiger partial charge in [0.2, 0.25) is 11.8 Å². The first-order valence-electron chi connectivity index (χ1n) is 10.5. The molecule has 0 unspecified atom stereocenters. The zero-order valence-corrected chi connectivity index (χ0v) is 20.9. The van der Waals surface area contributed by atoms with Gasteiger partial charge >= 0.3 is 0 Å². The van der Waals surface area contributed by atoms with Crippen LogP contribution in [0, 0.1) is 11.7 Å². The molecule has 2 amide bonds. The van der Waals surface area contributed by atoms with Crippen LogP contribution in [-0.2, 0) is 21.9 Å². The first-order valence-corrected chi connectivity index (χ1v) is 12.5. The maximum absolute atomic E-state index is 13.3. The van der Waals surface area contributed by atoms with Crippen molar-refractivity contribution in [3.8, 4) is 0 Å². The van der Waals surface area contributed by atoms with E-state index in [1.165, 1.54) is 23.9 Å². The van der Waals surface area contributed by atoms with Crippen LogP contribution < -0.4 is 5.32 Å². The van der Waals surface area contributed by atoms with Gasteiger partial charge in [0.05, 0.1) is 15.8 Å². The largest absolute Gasteiger partial charge is 0.354 e. The lowest BCUT2D eigenvalue weighted by Gasteiger charge is -2.31. The molecule has 0 aliphatic heterocycles. The van der Waals surface area contributed by atoms with Gasteiger partial charge in [-0.2, -0.15) is 0 Å². The van der Waals surface area contributed by atoms with Gasteiger partial charge < -0.3 is 10.2 Å². The van der Waals surface area contributed by atoms with Crippen LogP contribution in [0.4, 0.5) is 4.39 Å². The summed E-state index contributed by atoms with van der Waals surface area (Å²) in [6.07, 6.45) is 0.480. The smallest absolute Gasteiger partial charge is 0.242 e. The van der Waals surface area contributed by atoms with Crippen molar-refractivity contribution < 1.29 is 14.0 Å². The Hall–Kier alpha value is -1.76. The Morgan fingerprint density at radius 3 is 2.31 bits per heavy atom. The first kappa shape index (κ1) is 26.5. The van der Waals surface area contributed by atoms with Gasteiger partial charge in [0.25, 0.3) is 0 Å². The van der Waals surface area contributed by atoms with Crippen molar-refractivity contribution in [2.75, 3.05) is 12.3 Å². The van der Waals surface area contributed by atoms with E-state index in [9.17, 15) is 14.0 Å². The van der Waals surface area contributed by atoms with Crippen LogP contribution in [0.15, 0.2) is 42.5 Å². The molecule has 0 aromatic heterocycles. The fourth-order valence-electron chi connectivity index (χ4n) is 3.10. The highest BCUT2D eigenvalue weighted by Crippen LogP contribution is 2.25. The van der Waals surface area contributed by atoms with Crippen molar-refractivity contribution in [2.24, 2.45) is 5.92 Å². The predicted octanol–water partition coefficient (Wildman–Crippen LogP) is 5.95. The van der Waals surface area contributed by atoms with Crippen LogP contribution in [0.5, 0.6) is 0 Å². The Bertz CT molecular complexity index is 909. The summed E-state index contributed by atoms with van der Waals surface area (Å²) in [7, 11) is 0. The maximum atomic E-state index is 13.3. The lowest BCUT2D eigenvalue weighted by molar-refractivity contribution is -0.139.